The smallest absolute Gasteiger partial charge is 0.232 e. The first-order valence-corrected chi connectivity index (χ1v) is 6.97. The number of rotatable bonds is 5. The van der Waals surface area contributed by atoms with Crippen molar-refractivity contribution >= 4 is 0 Å². The fraction of sp³-hybridized carbons (Fsp3) is 0.846. The summed E-state index contributed by atoms with van der Waals surface area (Å²) in [6.07, 6.45) is 4.80. The van der Waals surface area contributed by atoms with E-state index >= 15 is 0 Å². The molecule has 0 radical (unpaired) electrons. The van der Waals surface area contributed by atoms with Gasteiger partial charge in [-0.25, -0.2) is 0 Å². The van der Waals surface area contributed by atoms with Crippen molar-refractivity contribution in [2.24, 2.45) is 5.73 Å². The van der Waals surface area contributed by atoms with Gasteiger partial charge in [-0.1, -0.05) is 5.16 Å². The van der Waals surface area contributed by atoms with Crippen LogP contribution in [0.4, 0.5) is 0 Å². The first kappa shape index (κ1) is 13.0. The van der Waals surface area contributed by atoms with Gasteiger partial charge in [0.15, 0.2) is 5.82 Å². The zero-order chi connectivity index (χ0) is 13.3. The van der Waals surface area contributed by atoms with Crippen molar-refractivity contribution in [3.8, 4) is 0 Å². The third-order valence-electron chi connectivity index (χ3n) is 3.90. The molecule has 6 heteroatoms. The van der Waals surface area contributed by atoms with E-state index in [1.807, 2.05) is 6.92 Å². The normalized spacial score (nSPS) is 27.2. The molecule has 3 rings (SSSR count). The van der Waals surface area contributed by atoms with E-state index in [4.69, 9.17) is 19.7 Å². The zero-order valence-corrected chi connectivity index (χ0v) is 11.3. The molecule has 0 aromatic carbocycles. The second-order valence-corrected chi connectivity index (χ2v) is 5.80. The van der Waals surface area contributed by atoms with Gasteiger partial charge in [-0.05, 0) is 32.6 Å². The predicted molar refractivity (Wildman–Crippen MR) is 67.6 cm³/mol. The van der Waals surface area contributed by atoms with E-state index in [1.54, 1.807) is 0 Å². The Bertz CT molecular complexity index is 423. The average Bonchev–Trinajstić information content (AvgIpc) is 2.98. The number of hydrogen-bond acceptors (Lipinski definition) is 6. The third-order valence-corrected chi connectivity index (χ3v) is 3.90. The molecule has 1 aliphatic carbocycles. The van der Waals surface area contributed by atoms with Crippen molar-refractivity contribution in [3.63, 3.8) is 0 Å². The topological polar surface area (TPSA) is 83.4 Å². The van der Waals surface area contributed by atoms with Gasteiger partial charge < -0.3 is 19.7 Å². The second-order valence-electron chi connectivity index (χ2n) is 5.80. The second kappa shape index (κ2) is 5.19. The van der Waals surface area contributed by atoms with Gasteiger partial charge in [0.2, 0.25) is 5.89 Å². The van der Waals surface area contributed by atoms with Crippen LogP contribution in [-0.4, -0.2) is 36.1 Å². The molecule has 1 aromatic heterocycles. The molecule has 2 fully saturated rings. The molecule has 19 heavy (non-hydrogen) atoms. The molecule has 0 amide bonds. The van der Waals surface area contributed by atoms with Crippen LogP contribution < -0.4 is 5.73 Å². The summed E-state index contributed by atoms with van der Waals surface area (Å²) in [5.74, 6) is 1.37. The number of nitrogens with zero attached hydrogens (tertiary/aromatic N) is 2. The average molecular weight is 267 g/mol. The highest BCUT2D eigenvalue weighted by molar-refractivity contribution is 5.05. The lowest BCUT2D eigenvalue weighted by atomic mass is 9.95. The quantitative estimate of drug-likeness (QED) is 0.866. The summed E-state index contributed by atoms with van der Waals surface area (Å²) in [7, 11) is 0. The SMILES string of the molecule is CC(N)(COC1CCC1)c1noc(C2CCOC2)n1. The molecular weight excluding hydrogens is 246 g/mol. The Kier molecular flexibility index (Phi) is 3.56. The minimum Gasteiger partial charge on any atom is -0.381 e. The lowest BCUT2D eigenvalue weighted by Gasteiger charge is -2.29. The molecule has 1 saturated carbocycles. The summed E-state index contributed by atoms with van der Waals surface area (Å²) in [5, 5.41) is 4.01. The molecule has 106 valence electrons. The largest absolute Gasteiger partial charge is 0.381 e. The first-order valence-electron chi connectivity index (χ1n) is 6.97. The van der Waals surface area contributed by atoms with Crippen molar-refractivity contribution < 1.29 is 14.0 Å². The van der Waals surface area contributed by atoms with Gasteiger partial charge >= 0.3 is 0 Å². The first-order chi connectivity index (χ1) is 9.15. The van der Waals surface area contributed by atoms with E-state index < -0.39 is 5.54 Å². The molecule has 1 aliphatic heterocycles. The standard InChI is InChI=1S/C13H21N3O3/c1-13(14,8-18-10-3-2-4-10)12-15-11(19-16-12)9-5-6-17-7-9/h9-10H,2-8,14H2,1H3. The summed E-state index contributed by atoms with van der Waals surface area (Å²) >= 11 is 0. The van der Waals surface area contributed by atoms with Gasteiger partial charge in [0.05, 0.1) is 25.2 Å². The Morgan fingerprint density at radius 1 is 1.42 bits per heavy atom. The van der Waals surface area contributed by atoms with Gasteiger partial charge in [-0.2, -0.15) is 4.98 Å². The van der Waals surface area contributed by atoms with Crippen LogP contribution in [0.2, 0.25) is 0 Å². The highest BCUT2D eigenvalue weighted by Crippen LogP contribution is 2.27. The van der Waals surface area contributed by atoms with E-state index in [9.17, 15) is 0 Å². The maximum Gasteiger partial charge on any atom is 0.232 e. The van der Waals surface area contributed by atoms with Crippen LogP contribution in [0.5, 0.6) is 0 Å². The summed E-state index contributed by atoms with van der Waals surface area (Å²) in [5.41, 5.74) is 5.54. The molecule has 0 spiro atoms. The molecule has 1 aromatic rings. The van der Waals surface area contributed by atoms with Crippen molar-refractivity contribution in [2.45, 2.75) is 50.2 Å². The molecule has 6 nitrogen and oxygen atoms in total. The number of aromatic nitrogens is 2. The molecule has 2 aliphatic rings. The lowest BCUT2D eigenvalue weighted by molar-refractivity contribution is -0.0222. The van der Waals surface area contributed by atoms with Gasteiger partial charge in [-0.15, -0.1) is 0 Å². The Labute approximate surface area is 112 Å². The van der Waals surface area contributed by atoms with E-state index in [0.717, 1.165) is 25.9 Å². The lowest BCUT2D eigenvalue weighted by Crippen LogP contribution is -2.41. The van der Waals surface area contributed by atoms with Gasteiger partial charge in [0.25, 0.3) is 0 Å². The van der Waals surface area contributed by atoms with Gasteiger partial charge in [-0.3, -0.25) is 0 Å². The van der Waals surface area contributed by atoms with E-state index in [1.165, 1.54) is 6.42 Å². The van der Waals surface area contributed by atoms with E-state index in [2.05, 4.69) is 10.1 Å². The summed E-state index contributed by atoms with van der Waals surface area (Å²) in [4.78, 5) is 4.42. The van der Waals surface area contributed by atoms with Crippen LogP contribution in [0.25, 0.3) is 0 Å². The maximum atomic E-state index is 6.24. The Balaban J connectivity index is 1.62. The maximum absolute atomic E-state index is 6.24. The molecular formula is C13H21N3O3. The Morgan fingerprint density at radius 3 is 2.89 bits per heavy atom. The number of hydrogen-bond donors (Lipinski definition) is 1. The van der Waals surface area contributed by atoms with Crippen LogP contribution in [0.1, 0.15) is 50.2 Å². The third kappa shape index (κ3) is 2.80. The molecule has 0 bridgehead atoms. The van der Waals surface area contributed by atoms with Gasteiger partial charge in [0.1, 0.15) is 5.54 Å². The van der Waals surface area contributed by atoms with Crippen molar-refractivity contribution in [3.05, 3.63) is 11.7 Å². The summed E-state index contributed by atoms with van der Waals surface area (Å²) in [6, 6.07) is 0. The fourth-order valence-corrected chi connectivity index (χ4v) is 2.26. The van der Waals surface area contributed by atoms with Crippen molar-refractivity contribution in [1.82, 2.24) is 10.1 Å². The zero-order valence-electron chi connectivity index (χ0n) is 11.3. The number of ether oxygens (including phenoxy) is 2. The number of nitrogens with two attached hydrogens (primary N) is 1. The molecule has 2 atom stereocenters. The highest BCUT2D eigenvalue weighted by atomic mass is 16.5. The van der Waals surface area contributed by atoms with Crippen LogP contribution in [-0.2, 0) is 15.0 Å². The molecule has 1 saturated heterocycles. The summed E-state index contributed by atoms with van der Waals surface area (Å²) < 4.78 is 16.4. The Hall–Kier alpha value is -0.980. The van der Waals surface area contributed by atoms with Crippen LogP contribution in [0.3, 0.4) is 0 Å². The van der Waals surface area contributed by atoms with Gasteiger partial charge in [0, 0.05) is 6.61 Å². The fourth-order valence-electron chi connectivity index (χ4n) is 2.26. The van der Waals surface area contributed by atoms with Crippen LogP contribution in [0.15, 0.2) is 4.52 Å². The van der Waals surface area contributed by atoms with Crippen molar-refractivity contribution in [1.29, 1.82) is 0 Å². The minimum absolute atomic E-state index is 0.213. The minimum atomic E-state index is -0.698. The molecule has 2 unspecified atom stereocenters. The van der Waals surface area contributed by atoms with E-state index in [-0.39, 0.29) is 5.92 Å². The van der Waals surface area contributed by atoms with Crippen LogP contribution in [0, 0.1) is 0 Å². The van der Waals surface area contributed by atoms with E-state index in [0.29, 0.717) is 31.0 Å². The Morgan fingerprint density at radius 2 is 2.26 bits per heavy atom. The predicted octanol–water partition coefficient (Wildman–Crippen LogP) is 1.32. The molecule has 2 heterocycles. The van der Waals surface area contributed by atoms with Crippen LogP contribution >= 0.6 is 0 Å². The monoisotopic (exact) mass is 267 g/mol. The van der Waals surface area contributed by atoms with Crippen molar-refractivity contribution in [2.75, 3.05) is 19.8 Å². The highest BCUT2D eigenvalue weighted by Gasteiger charge is 2.32. The molecule has 2 N–H and O–H groups in total. The summed E-state index contributed by atoms with van der Waals surface area (Å²) in [6.45, 7) is 3.72.